The minimum atomic E-state index is -0.647. The fourth-order valence-corrected chi connectivity index (χ4v) is 5.01. The van der Waals surface area contributed by atoms with Crippen LogP contribution in [0.4, 0.5) is 0 Å². The normalized spacial score (nSPS) is 17.9. The number of benzene rings is 2. The molecular weight excluding hydrogens is 471 g/mol. The predicted molar refractivity (Wildman–Crippen MR) is 130 cm³/mol. The van der Waals surface area contributed by atoms with Gasteiger partial charge in [0.15, 0.2) is 5.78 Å². The molecule has 0 spiro atoms. The molecule has 5 rings (SSSR count). The number of carbonyl (C=O) groups excluding carboxylic acids is 1. The van der Waals surface area contributed by atoms with Gasteiger partial charge in [-0.2, -0.15) is 10.4 Å². The summed E-state index contributed by atoms with van der Waals surface area (Å²) in [5, 5.41) is 15.9. The summed E-state index contributed by atoms with van der Waals surface area (Å²) >= 11 is 12.5. The summed E-state index contributed by atoms with van der Waals surface area (Å²) < 4.78 is 7.49. The lowest BCUT2D eigenvalue weighted by atomic mass is 9.77. The molecular formula is C26H20Cl2N4O2. The lowest BCUT2D eigenvalue weighted by molar-refractivity contribution is -0.116. The van der Waals surface area contributed by atoms with Crippen molar-refractivity contribution in [1.82, 2.24) is 9.78 Å². The number of halogens is 2. The van der Waals surface area contributed by atoms with Crippen molar-refractivity contribution < 1.29 is 9.53 Å². The van der Waals surface area contributed by atoms with Crippen molar-refractivity contribution in [2.45, 2.75) is 31.7 Å². The molecule has 1 aromatic heterocycles. The molecule has 2 heterocycles. The lowest BCUT2D eigenvalue weighted by Gasteiger charge is -2.30. The molecule has 2 N–H and O–H groups in total. The highest BCUT2D eigenvalue weighted by atomic mass is 35.5. The molecule has 0 fully saturated rings. The van der Waals surface area contributed by atoms with Crippen LogP contribution >= 0.6 is 23.2 Å². The van der Waals surface area contributed by atoms with E-state index in [9.17, 15) is 10.1 Å². The minimum absolute atomic E-state index is 0.0287. The highest BCUT2D eigenvalue weighted by Crippen LogP contribution is 2.45. The van der Waals surface area contributed by atoms with Crippen LogP contribution in [0.2, 0.25) is 10.0 Å². The van der Waals surface area contributed by atoms with Crippen molar-refractivity contribution in [3.8, 4) is 17.3 Å². The van der Waals surface area contributed by atoms with Crippen LogP contribution < -0.4 is 5.73 Å². The lowest BCUT2D eigenvalue weighted by Crippen LogP contribution is -2.27. The second-order valence-corrected chi connectivity index (χ2v) is 9.11. The minimum Gasteiger partial charge on any atom is -0.444 e. The number of ketones is 1. The number of hydrogen-bond donors (Lipinski definition) is 1. The molecule has 170 valence electrons. The summed E-state index contributed by atoms with van der Waals surface area (Å²) in [5.74, 6) is -0.0936. The Balaban J connectivity index is 1.69. The van der Waals surface area contributed by atoms with E-state index in [-0.39, 0.29) is 17.2 Å². The van der Waals surface area contributed by atoms with Gasteiger partial charge in [0, 0.05) is 45.8 Å². The van der Waals surface area contributed by atoms with Crippen molar-refractivity contribution >= 4 is 29.0 Å². The van der Waals surface area contributed by atoms with Gasteiger partial charge >= 0.3 is 0 Å². The van der Waals surface area contributed by atoms with Crippen LogP contribution in [-0.4, -0.2) is 15.6 Å². The molecule has 0 radical (unpaired) electrons. The van der Waals surface area contributed by atoms with Crippen molar-refractivity contribution in [3.05, 3.63) is 98.7 Å². The van der Waals surface area contributed by atoms with Crippen molar-refractivity contribution in [1.29, 1.82) is 5.26 Å². The Labute approximate surface area is 206 Å². The van der Waals surface area contributed by atoms with Gasteiger partial charge in [0.1, 0.15) is 17.4 Å². The van der Waals surface area contributed by atoms with E-state index in [1.807, 2.05) is 42.6 Å². The zero-order chi connectivity index (χ0) is 23.8. The van der Waals surface area contributed by atoms with E-state index < -0.39 is 5.92 Å². The van der Waals surface area contributed by atoms with Gasteiger partial charge in [-0.3, -0.25) is 9.48 Å². The smallest absolute Gasteiger partial charge is 0.205 e. The molecule has 1 atom stereocenters. The van der Waals surface area contributed by atoms with Crippen LogP contribution in [0.5, 0.6) is 0 Å². The second kappa shape index (κ2) is 9.02. The number of nitrogens with two attached hydrogens (primary N) is 1. The maximum Gasteiger partial charge on any atom is 0.205 e. The summed E-state index contributed by atoms with van der Waals surface area (Å²) in [7, 11) is 0. The number of nitrogens with zero attached hydrogens (tertiary/aromatic N) is 3. The Bertz CT molecular complexity index is 1400. The predicted octanol–water partition coefficient (Wildman–Crippen LogP) is 5.72. The van der Waals surface area contributed by atoms with Crippen molar-refractivity contribution in [2.24, 2.45) is 5.73 Å². The first-order valence-corrected chi connectivity index (χ1v) is 11.6. The van der Waals surface area contributed by atoms with Crippen LogP contribution in [0.1, 0.15) is 36.3 Å². The van der Waals surface area contributed by atoms with Gasteiger partial charge in [0.2, 0.25) is 5.88 Å². The van der Waals surface area contributed by atoms with Crippen LogP contribution in [0, 0.1) is 11.3 Å². The maximum absolute atomic E-state index is 13.0. The van der Waals surface area contributed by atoms with Crippen molar-refractivity contribution in [2.75, 3.05) is 0 Å². The summed E-state index contributed by atoms with van der Waals surface area (Å²) in [6.45, 7) is 0.389. The Kier molecular flexibility index (Phi) is 5.91. The van der Waals surface area contributed by atoms with Crippen LogP contribution in [0.3, 0.4) is 0 Å². The molecule has 0 bridgehead atoms. The standard InChI is InChI=1S/C26H20Cl2N4O2/c27-17-10-9-16(20(28)11-17)13-32-14-19(25(31-32)15-5-2-1-3-6-15)23-18(12-29)26(30)34-22-8-4-7-21(33)24(22)23/h1-3,5-6,9-11,14,23H,4,7-8,13,30H2/t23-/m1/s1. The van der Waals surface area contributed by atoms with Gasteiger partial charge < -0.3 is 10.5 Å². The number of allylic oxidation sites excluding steroid dienone is 3. The Morgan fingerprint density at radius 3 is 2.71 bits per heavy atom. The number of nitriles is 1. The van der Waals surface area contributed by atoms with Gasteiger partial charge in [-0.1, -0.05) is 59.6 Å². The Morgan fingerprint density at radius 1 is 1.18 bits per heavy atom. The topological polar surface area (TPSA) is 93.9 Å². The van der Waals surface area contributed by atoms with E-state index >= 15 is 0 Å². The van der Waals surface area contributed by atoms with Crippen molar-refractivity contribution in [3.63, 3.8) is 0 Å². The first-order chi connectivity index (χ1) is 16.5. The fourth-order valence-electron chi connectivity index (χ4n) is 4.54. The molecule has 1 aliphatic carbocycles. The number of hydrogen-bond acceptors (Lipinski definition) is 5. The molecule has 0 unspecified atom stereocenters. The summed E-state index contributed by atoms with van der Waals surface area (Å²) in [4.78, 5) is 13.0. The summed E-state index contributed by atoms with van der Waals surface area (Å²) in [6.07, 6.45) is 3.57. The van der Waals surface area contributed by atoms with E-state index in [1.165, 1.54) is 0 Å². The third-order valence-electron chi connectivity index (χ3n) is 6.10. The summed E-state index contributed by atoms with van der Waals surface area (Å²) in [5.41, 5.74) is 9.98. The number of rotatable bonds is 4. The van der Waals surface area contributed by atoms with Gasteiger partial charge in [-0.15, -0.1) is 0 Å². The molecule has 3 aromatic rings. The first-order valence-electron chi connectivity index (χ1n) is 10.9. The third-order valence-corrected chi connectivity index (χ3v) is 6.69. The molecule has 34 heavy (non-hydrogen) atoms. The molecule has 8 heteroatoms. The maximum atomic E-state index is 13.0. The molecule has 6 nitrogen and oxygen atoms in total. The zero-order valence-electron chi connectivity index (χ0n) is 18.1. The van der Waals surface area contributed by atoms with Crippen LogP contribution in [0.25, 0.3) is 11.3 Å². The van der Waals surface area contributed by atoms with Crippen LogP contribution in [-0.2, 0) is 16.1 Å². The molecule has 1 aliphatic heterocycles. The Morgan fingerprint density at radius 2 is 1.97 bits per heavy atom. The van der Waals surface area contributed by atoms with E-state index in [4.69, 9.17) is 38.8 Å². The fraction of sp³-hybridized carbons (Fsp3) is 0.192. The number of Topliss-reactive ketones (excluding diaryl/α,β-unsaturated/α-hetero) is 1. The largest absolute Gasteiger partial charge is 0.444 e. The van der Waals surface area contributed by atoms with E-state index in [1.54, 1.807) is 16.8 Å². The highest BCUT2D eigenvalue weighted by Gasteiger charge is 2.40. The van der Waals surface area contributed by atoms with E-state index in [2.05, 4.69) is 6.07 Å². The van der Waals surface area contributed by atoms with Crippen LogP contribution in [0.15, 0.2) is 77.5 Å². The van der Waals surface area contributed by atoms with Gasteiger partial charge in [0.25, 0.3) is 0 Å². The molecule has 0 amide bonds. The average molecular weight is 491 g/mol. The SMILES string of the molecule is N#CC1=C(N)OC2=C(C(=O)CCC2)[C@H]1c1cn(Cc2ccc(Cl)cc2Cl)nc1-c1ccccc1. The third kappa shape index (κ3) is 3.98. The average Bonchev–Trinajstić information content (AvgIpc) is 3.24. The Hall–Kier alpha value is -3.53. The van der Waals surface area contributed by atoms with E-state index in [0.717, 1.165) is 16.7 Å². The first kappa shape index (κ1) is 22.3. The van der Waals surface area contributed by atoms with Gasteiger partial charge in [-0.05, 0) is 24.1 Å². The molecule has 0 saturated carbocycles. The highest BCUT2D eigenvalue weighted by molar-refractivity contribution is 6.35. The second-order valence-electron chi connectivity index (χ2n) is 8.27. The van der Waals surface area contributed by atoms with Gasteiger partial charge in [-0.25, -0.2) is 0 Å². The quantitative estimate of drug-likeness (QED) is 0.504. The number of carbonyl (C=O) groups is 1. The molecule has 2 aromatic carbocycles. The molecule has 0 saturated heterocycles. The number of aromatic nitrogens is 2. The van der Waals surface area contributed by atoms with Gasteiger partial charge in [0.05, 0.1) is 18.2 Å². The molecule has 2 aliphatic rings. The summed E-state index contributed by atoms with van der Waals surface area (Å²) in [6, 6.07) is 17.2. The number of ether oxygens (including phenoxy) is 1. The monoisotopic (exact) mass is 490 g/mol. The van der Waals surface area contributed by atoms with E-state index in [0.29, 0.717) is 52.9 Å². The zero-order valence-corrected chi connectivity index (χ0v) is 19.6.